The van der Waals surface area contributed by atoms with E-state index in [4.69, 9.17) is 11.6 Å². The minimum Gasteiger partial charge on any atom is -0.507 e. The third-order valence-electron chi connectivity index (χ3n) is 3.99. The lowest BCUT2D eigenvalue weighted by Crippen LogP contribution is -2.54. The van der Waals surface area contributed by atoms with Gasteiger partial charge in [0.15, 0.2) is 0 Å². The van der Waals surface area contributed by atoms with Gasteiger partial charge in [-0.05, 0) is 66.9 Å². The maximum Gasteiger partial charge on any atom is 0.335 e. The maximum atomic E-state index is 12.8. The Morgan fingerprint density at radius 3 is 2.35 bits per heavy atom. The highest BCUT2D eigenvalue weighted by atomic mass is 35.5. The van der Waals surface area contributed by atoms with Gasteiger partial charge in [0.2, 0.25) is 0 Å². The van der Waals surface area contributed by atoms with Crippen LogP contribution in [-0.2, 0) is 9.59 Å². The van der Waals surface area contributed by atoms with Gasteiger partial charge in [-0.25, -0.2) is 9.69 Å². The van der Waals surface area contributed by atoms with Crippen LogP contribution in [0.15, 0.2) is 42.0 Å². The molecule has 0 radical (unpaired) electrons. The standard InChI is InChI=1S/C19H15ClN2O4/c1-10-6-12(7-11(2)16(10)23)8-15-17(24)21-19(26)22(18(15)25)14-5-3-4-13(20)9-14/h3-9,23H,1-2H3,(H,21,24,26). The normalized spacial score (nSPS) is 16.2. The monoisotopic (exact) mass is 370 g/mol. The summed E-state index contributed by atoms with van der Waals surface area (Å²) in [5, 5.41) is 12.4. The van der Waals surface area contributed by atoms with Crippen LogP contribution in [0.3, 0.4) is 0 Å². The summed E-state index contributed by atoms with van der Waals surface area (Å²) in [6.45, 7) is 3.43. The predicted octanol–water partition coefficient (Wildman–Crippen LogP) is 3.33. The molecule has 0 unspecified atom stereocenters. The van der Waals surface area contributed by atoms with E-state index in [1.807, 2.05) is 0 Å². The number of benzene rings is 2. The van der Waals surface area contributed by atoms with Crippen LogP contribution in [0.4, 0.5) is 10.5 Å². The summed E-state index contributed by atoms with van der Waals surface area (Å²) in [5.74, 6) is -1.37. The van der Waals surface area contributed by atoms with E-state index < -0.39 is 17.8 Å². The number of phenols is 1. The van der Waals surface area contributed by atoms with E-state index in [1.165, 1.54) is 12.1 Å². The number of nitrogens with one attached hydrogen (secondary N) is 1. The third kappa shape index (κ3) is 3.19. The number of imide groups is 2. The topological polar surface area (TPSA) is 86.7 Å². The van der Waals surface area contributed by atoms with E-state index in [1.54, 1.807) is 44.2 Å². The molecule has 1 fully saturated rings. The van der Waals surface area contributed by atoms with Gasteiger partial charge < -0.3 is 5.11 Å². The van der Waals surface area contributed by atoms with Gasteiger partial charge in [-0.3, -0.25) is 14.9 Å². The average molecular weight is 371 g/mol. The second-order valence-corrected chi connectivity index (χ2v) is 6.38. The summed E-state index contributed by atoms with van der Waals surface area (Å²) in [7, 11) is 0. The van der Waals surface area contributed by atoms with Crippen molar-refractivity contribution in [3.05, 3.63) is 63.7 Å². The first-order chi connectivity index (χ1) is 12.3. The predicted molar refractivity (Wildman–Crippen MR) is 98.0 cm³/mol. The highest BCUT2D eigenvalue weighted by Crippen LogP contribution is 2.27. The molecule has 2 aromatic rings. The highest BCUT2D eigenvalue weighted by molar-refractivity contribution is 6.39. The first kappa shape index (κ1) is 17.7. The molecule has 0 bridgehead atoms. The zero-order valence-corrected chi connectivity index (χ0v) is 14.8. The number of nitrogens with zero attached hydrogens (tertiary/aromatic N) is 1. The molecular weight excluding hydrogens is 356 g/mol. The molecule has 0 saturated carbocycles. The van der Waals surface area contributed by atoms with Crippen LogP contribution in [-0.4, -0.2) is 23.0 Å². The molecule has 132 valence electrons. The van der Waals surface area contributed by atoms with Crippen molar-refractivity contribution in [2.24, 2.45) is 0 Å². The van der Waals surface area contributed by atoms with Crippen molar-refractivity contribution in [1.29, 1.82) is 0 Å². The summed E-state index contributed by atoms with van der Waals surface area (Å²) in [6, 6.07) is 8.68. The summed E-state index contributed by atoms with van der Waals surface area (Å²) >= 11 is 5.93. The number of phenolic OH excluding ortho intramolecular Hbond substituents is 1. The second-order valence-electron chi connectivity index (χ2n) is 5.94. The van der Waals surface area contributed by atoms with E-state index in [9.17, 15) is 19.5 Å². The quantitative estimate of drug-likeness (QED) is 0.627. The molecule has 0 aromatic heterocycles. The smallest absolute Gasteiger partial charge is 0.335 e. The molecule has 0 aliphatic carbocycles. The summed E-state index contributed by atoms with van der Waals surface area (Å²) in [4.78, 5) is 38.0. The molecule has 4 amide bonds. The van der Waals surface area contributed by atoms with Crippen LogP contribution < -0.4 is 10.2 Å². The minimum atomic E-state index is -0.836. The lowest BCUT2D eigenvalue weighted by Gasteiger charge is -2.26. The van der Waals surface area contributed by atoms with Crippen molar-refractivity contribution in [3.8, 4) is 5.75 Å². The van der Waals surface area contributed by atoms with Crippen LogP contribution in [0, 0.1) is 13.8 Å². The molecule has 1 saturated heterocycles. The van der Waals surface area contributed by atoms with Crippen molar-refractivity contribution in [3.63, 3.8) is 0 Å². The number of urea groups is 1. The molecule has 26 heavy (non-hydrogen) atoms. The van der Waals surface area contributed by atoms with Crippen molar-refractivity contribution in [1.82, 2.24) is 5.32 Å². The molecule has 0 spiro atoms. The fourth-order valence-corrected chi connectivity index (χ4v) is 2.93. The Kier molecular flexibility index (Phi) is 4.52. The van der Waals surface area contributed by atoms with Gasteiger partial charge in [0.25, 0.3) is 11.8 Å². The van der Waals surface area contributed by atoms with Crippen LogP contribution >= 0.6 is 11.6 Å². The van der Waals surface area contributed by atoms with Crippen LogP contribution in [0.2, 0.25) is 5.02 Å². The van der Waals surface area contributed by atoms with Crippen molar-refractivity contribution in [2.45, 2.75) is 13.8 Å². The highest BCUT2D eigenvalue weighted by Gasteiger charge is 2.36. The van der Waals surface area contributed by atoms with Crippen molar-refractivity contribution >= 4 is 41.2 Å². The molecule has 1 aliphatic rings. The number of hydrogen-bond donors (Lipinski definition) is 2. The SMILES string of the molecule is Cc1cc(C=C2C(=O)NC(=O)N(c3cccc(Cl)c3)C2=O)cc(C)c1O. The number of rotatable bonds is 2. The summed E-state index contributed by atoms with van der Waals surface area (Å²) in [5.41, 5.74) is 1.87. The van der Waals surface area contributed by atoms with Gasteiger partial charge in [-0.1, -0.05) is 17.7 Å². The average Bonchev–Trinajstić information content (AvgIpc) is 2.56. The molecular formula is C19H15ClN2O4. The second kappa shape index (κ2) is 6.65. The van der Waals surface area contributed by atoms with E-state index in [-0.39, 0.29) is 17.0 Å². The molecule has 3 rings (SSSR count). The van der Waals surface area contributed by atoms with E-state index in [0.717, 1.165) is 4.90 Å². The molecule has 1 heterocycles. The number of barbiturate groups is 1. The Labute approximate surface area is 154 Å². The number of anilines is 1. The Morgan fingerprint density at radius 2 is 1.73 bits per heavy atom. The van der Waals surface area contributed by atoms with Crippen molar-refractivity contribution < 1.29 is 19.5 Å². The molecule has 2 N–H and O–H groups in total. The Morgan fingerprint density at radius 1 is 1.08 bits per heavy atom. The largest absolute Gasteiger partial charge is 0.507 e. The lowest BCUT2D eigenvalue weighted by molar-refractivity contribution is -0.122. The molecule has 6 nitrogen and oxygen atoms in total. The molecule has 7 heteroatoms. The number of carbonyl (C=O) groups is 3. The minimum absolute atomic E-state index is 0.155. The molecule has 0 atom stereocenters. The maximum absolute atomic E-state index is 12.8. The van der Waals surface area contributed by atoms with Crippen LogP contribution in [0.1, 0.15) is 16.7 Å². The van der Waals surface area contributed by atoms with Gasteiger partial charge in [0.1, 0.15) is 11.3 Å². The number of halogens is 1. The van der Waals surface area contributed by atoms with Crippen LogP contribution in [0.5, 0.6) is 5.75 Å². The number of aromatic hydroxyl groups is 1. The number of amides is 4. The lowest BCUT2D eigenvalue weighted by atomic mass is 10.0. The van der Waals surface area contributed by atoms with Gasteiger partial charge >= 0.3 is 6.03 Å². The van der Waals surface area contributed by atoms with E-state index >= 15 is 0 Å². The first-order valence-corrected chi connectivity index (χ1v) is 8.13. The fourth-order valence-electron chi connectivity index (χ4n) is 2.75. The summed E-state index contributed by atoms with van der Waals surface area (Å²) in [6.07, 6.45) is 1.39. The number of hydrogen-bond acceptors (Lipinski definition) is 4. The first-order valence-electron chi connectivity index (χ1n) is 7.75. The summed E-state index contributed by atoms with van der Waals surface area (Å²) < 4.78 is 0. The van der Waals surface area contributed by atoms with Crippen molar-refractivity contribution in [2.75, 3.05) is 4.90 Å². The van der Waals surface area contributed by atoms with E-state index in [0.29, 0.717) is 21.7 Å². The van der Waals surface area contributed by atoms with Gasteiger partial charge in [-0.2, -0.15) is 0 Å². The van der Waals surface area contributed by atoms with Gasteiger partial charge in [-0.15, -0.1) is 0 Å². The Balaban J connectivity index is 2.06. The Hall–Kier alpha value is -3.12. The zero-order valence-electron chi connectivity index (χ0n) is 14.0. The van der Waals surface area contributed by atoms with Crippen LogP contribution in [0.25, 0.3) is 6.08 Å². The van der Waals surface area contributed by atoms with Gasteiger partial charge in [0.05, 0.1) is 5.69 Å². The fraction of sp³-hybridized carbons (Fsp3) is 0.105. The Bertz CT molecular complexity index is 958. The number of aryl methyl sites for hydroxylation is 2. The van der Waals surface area contributed by atoms with E-state index in [2.05, 4.69) is 5.32 Å². The van der Waals surface area contributed by atoms with Gasteiger partial charge in [0, 0.05) is 5.02 Å². The third-order valence-corrected chi connectivity index (χ3v) is 4.23. The zero-order chi connectivity index (χ0) is 19.0. The molecule has 1 aliphatic heterocycles. The number of carbonyl (C=O) groups excluding carboxylic acids is 3. The molecule has 2 aromatic carbocycles.